The van der Waals surface area contributed by atoms with Crippen molar-refractivity contribution in [2.24, 2.45) is 0 Å². The van der Waals surface area contributed by atoms with Crippen molar-refractivity contribution in [3.63, 3.8) is 0 Å². The average Bonchev–Trinajstić information content (AvgIpc) is 2.63. The van der Waals surface area contributed by atoms with Crippen LogP contribution in [0.4, 0.5) is 0 Å². The lowest BCUT2D eigenvalue weighted by Crippen LogP contribution is -2.29. The predicted molar refractivity (Wildman–Crippen MR) is 95.3 cm³/mol. The molecular formula is C19H19N3O3. The van der Waals surface area contributed by atoms with E-state index in [1.54, 1.807) is 32.2 Å². The average molecular weight is 337 g/mol. The first-order chi connectivity index (χ1) is 12.1. The Balaban J connectivity index is 1.81. The number of carbonyl (C=O) groups excluding carboxylic acids is 2. The number of carbonyl (C=O) groups is 2. The van der Waals surface area contributed by atoms with Gasteiger partial charge in [0.05, 0.1) is 35.1 Å². The molecular weight excluding hydrogens is 318 g/mol. The van der Waals surface area contributed by atoms with Crippen LogP contribution in [0.25, 0.3) is 22.1 Å². The molecule has 0 saturated heterocycles. The van der Waals surface area contributed by atoms with Gasteiger partial charge in [-0.15, -0.1) is 0 Å². The minimum atomic E-state index is -0.307. The summed E-state index contributed by atoms with van der Waals surface area (Å²) in [5.74, 6) is -0.473. The first kappa shape index (κ1) is 16.8. The molecule has 0 N–H and O–H groups in total. The Kier molecular flexibility index (Phi) is 4.88. The highest BCUT2D eigenvalue weighted by atomic mass is 16.5. The highest BCUT2D eigenvalue weighted by Gasteiger charge is 2.14. The molecule has 128 valence electrons. The van der Waals surface area contributed by atoms with Gasteiger partial charge in [-0.25, -0.2) is 9.97 Å². The minimum Gasteiger partial charge on any atom is -0.466 e. The lowest BCUT2D eigenvalue weighted by molar-refractivity contribution is -0.143. The number of benzene rings is 2. The molecule has 0 aliphatic carbocycles. The molecule has 3 rings (SSSR count). The predicted octanol–water partition coefficient (Wildman–Crippen LogP) is 2.81. The Morgan fingerprint density at radius 2 is 1.64 bits per heavy atom. The zero-order chi connectivity index (χ0) is 17.8. The van der Waals surface area contributed by atoms with E-state index in [2.05, 4.69) is 9.97 Å². The highest BCUT2D eigenvalue weighted by Crippen LogP contribution is 2.18. The van der Waals surface area contributed by atoms with Crippen molar-refractivity contribution in [1.82, 2.24) is 14.9 Å². The van der Waals surface area contributed by atoms with Crippen LogP contribution in [-0.2, 0) is 9.53 Å². The van der Waals surface area contributed by atoms with Crippen LogP contribution >= 0.6 is 0 Å². The van der Waals surface area contributed by atoms with Gasteiger partial charge in [0.1, 0.15) is 0 Å². The van der Waals surface area contributed by atoms with Gasteiger partial charge in [-0.05, 0) is 37.3 Å². The summed E-state index contributed by atoms with van der Waals surface area (Å²) in [6.45, 7) is 2.40. The molecule has 0 radical (unpaired) electrons. The van der Waals surface area contributed by atoms with E-state index in [0.29, 0.717) is 24.2 Å². The summed E-state index contributed by atoms with van der Waals surface area (Å²) in [6.07, 6.45) is 0.175. The van der Waals surface area contributed by atoms with Crippen molar-refractivity contribution >= 4 is 33.9 Å². The van der Waals surface area contributed by atoms with Crippen molar-refractivity contribution in [2.45, 2.75) is 13.3 Å². The third kappa shape index (κ3) is 3.74. The SMILES string of the molecule is CCOC(=O)CCN(C)C(=O)c1ccc2nc3ccccc3nc2c1. The lowest BCUT2D eigenvalue weighted by Gasteiger charge is -2.16. The molecule has 0 aliphatic rings. The number of fused-ring (bicyclic) bond motifs is 2. The Hall–Kier alpha value is -3.02. The molecule has 6 heteroatoms. The van der Waals surface area contributed by atoms with E-state index in [1.807, 2.05) is 24.3 Å². The number of ether oxygens (including phenoxy) is 1. The smallest absolute Gasteiger partial charge is 0.307 e. The van der Waals surface area contributed by atoms with E-state index < -0.39 is 0 Å². The van der Waals surface area contributed by atoms with E-state index in [4.69, 9.17) is 4.74 Å². The van der Waals surface area contributed by atoms with Gasteiger partial charge < -0.3 is 9.64 Å². The maximum Gasteiger partial charge on any atom is 0.307 e. The molecule has 1 aromatic heterocycles. The van der Waals surface area contributed by atoms with Crippen molar-refractivity contribution in [2.75, 3.05) is 20.2 Å². The van der Waals surface area contributed by atoms with Crippen LogP contribution in [-0.4, -0.2) is 46.9 Å². The summed E-state index contributed by atoms with van der Waals surface area (Å²) < 4.78 is 4.88. The van der Waals surface area contributed by atoms with Crippen molar-refractivity contribution in [3.8, 4) is 0 Å². The maximum atomic E-state index is 12.5. The fraction of sp³-hybridized carbons (Fsp3) is 0.263. The molecule has 0 atom stereocenters. The summed E-state index contributed by atoms with van der Waals surface area (Å²) in [5, 5.41) is 0. The Morgan fingerprint density at radius 1 is 1.00 bits per heavy atom. The molecule has 0 spiro atoms. The van der Waals surface area contributed by atoms with E-state index in [1.165, 1.54) is 4.90 Å². The van der Waals surface area contributed by atoms with Gasteiger partial charge in [0.2, 0.25) is 0 Å². The standard InChI is InChI=1S/C19H19N3O3/c1-3-25-18(23)10-11-22(2)19(24)13-8-9-16-17(12-13)21-15-7-5-4-6-14(15)20-16/h4-9,12H,3,10-11H2,1-2H3. The zero-order valence-corrected chi connectivity index (χ0v) is 14.2. The molecule has 0 aliphatic heterocycles. The molecule has 1 amide bonds. The van der Waals surface area contributed by atoms with Crippen LogP contribution in [0, 0.1) is 0 Å². The quantitative estimate of drug-likeness (QED) is 0.529. The number of esters is 1. The van der Waals surface area contributed by atoms with Crippen molar-refractivity contribution in [3.05, 3.63) is 48.0 Å². The van der Waals surface area contributed by atoms with E-state index in [-0.39, 0.29) is 18.3 Å². The Bertz CT molecular complexity index is 939. The molecule has 3 aromatic rings. The number of para-hydroxylation sites is 2. The van der Waals surface area contributed by atoms with Gasteiger partial charge >= 0.3 is 5.97 Å². The third-order valence-corrected chi connectivity index (χ3v) is 3.89. The Morgan fingerprint density at radius 3 is 2.32 bits per heavy atom. The van der Waals surface area contributed by atoms with Crippen LogP contribution in [0.3, 0.4) is 0 Å². The molecule has 0 saturated carbocycles. The van der Waals surface area contributed by atoms with Gasteiger partial charge in [-0.2, -0.15) is 0 Å². The van der Waals surface area contributed by atoms with Crippen LogP contribution in [0.2, 0.25) is 0 Å². The molecule has 2 aromatic carbocycles. The third-order valence-electron chi connectivity index (χ3n) is 3.89. The first-order valence-electron chi connectivity index (χ1n) is 8.16. The van der Waals surface area contributed by atoms with Crippen LogP contribution in [0.15, 0.2) is 42.5 Å². The molecule has 0 bridgehead atoms. The molecule has 0 unspecified atom stereocenters. The molecule has 25 heavy (non-hydrogen) atoms. The largest absolute Gasteiger partial charge is 0.466 e. The van der Waals surface area contributed by atoms with Gasteiger partial charge in [0.25, 0.3) is 5.91 Å². The second-order valence-electron chi connectivity index (χ2n) is 5.70. The normalized spacial score (nSPS) is 10.8. The number of hydrogen-bond donors (Lipinski definition) is 0. The lowest BCUT2D eigenvalue weighted by atomic mass is 10.1. The summed E-state index contributed by atoms with van der Waals surface area (Å²) in [6, 6.07) is 12.9. The Labute approximate surface area is 145 Å². The molecule has 1 heterocycles. The number of hydrogen-bond acceptors (Lipinski definition) is 5. The first-order valence-corrected chi connectivity index (χ1v) is 8.16. The summed E-state index contributed by atoms with van der Waals surface area (Å²) in [4.78, 5) is 34.6. The maximum absolute atomic E-state index is 12.5. The van der Waals surface area contributed by atoms with E-state index in [0.717, 1.165) is 16.6 Å². The fourth-order valence-electron chi connectivity index (χ4n) is 2.57. The number of rotatable bonds is 5. The van der Waals surface area contributed by atoms with Gasteiger partial charge in [0.15, 0.2) is 0 Å². The molecule has 6 nitrogen and oxygen atoms in total. The second-order valence-corrected chi connectivity index (χ2v) is 5.70. The molecule has 0 fully saturated rings. The topological polar surface area (TPSA) is 72.4 Å². The minimum absolute atomic E-state index is 0.166. The fourth-order valence-corrected chi connectivity index (χ4v) is 2.57. The monoisotopic (exact) mass is 337 g/mol. The summed E-state index contributed by atoms with van der Waals surface area (Å²) >= 11 is 0. The van der Waals surface area contributed by atoms with Crippen LogP contribution < -0.4 is 0 Å². The second kappa shape index (κ2) is 7.25. The van der Waals surface area contributed by atoms with Gasteiger partial charge in [0, 0.05) is 19.2 Å². The van der Waals surface area contributed by atoms with Crippen molar-refractivity contribution < 1.29 is 14.3 Å². The van der Waals surface area contributed by atoms with Crippen LogP contribution in [0.5, 0.6) is 0 Å². The highest BCUT2D eigenvalue weighted by molar-refractivity contribution is 5.98. The van der Waals surface area contributed by atoms with E-state index >= 15 is 0 Å². The number of aromatic nitrogens is 2. The number of nitrogens with zero attached hydrogens (tertiary/aromatic N) is 3. The summed E-state index contributed by atoms with van der Waals surface area (Å²) in [5.41, 5.74) is 3.53. The van der Waals surface area contributed by atoms with Gasteiger partial charge in [-0.3, -0.25) is 9.59 Å². The van der Waals surface area contributed by atoms with Crippen molar-refractivity contribution in [1.29, 1.82) is 0 Å². The number of amides is 1. The zero-order valence-electron chi connectivity index (χ0n) is 14.2. The summed E-state index contributed by atoms with van der Waals surface area (Å²) in [7, 11) is 1.66. The van der Waals surface area contributed by atoms with Gasteiger partial charge in [-0.1, -0.05) is 12.1 Å². The van der Waals surface area contributed by atoms with Crippen LogP contribution in [0.1, 0.15) is 23.7 Å². The van der Waals surface area contributed by atoms with E-state index in [9.17, 15) is 9.59 Å².